The van der Waals surface area contributed by atoms with Gasteiger partial charge in [-0.05, 0) is 5.56 Å². The van der Waals surface area contributed by atoms with Gasteiger partial charge in [0.1, 0.15) is 6.10 Å². The number of hydrogen-bond donors (Lipinski definition) is 1. The quantitative estimate of drug-likeness (QED) is 0.796. The summed E-state index contributed by atoms with van der Waals surface area (Å²) < 4.78 is 10.7. The van der Waals surface area contributed by atoms with E-state index < -0.39 is 0 Å². The molecule has 1 aliphatic rings. The van der Waals surface area contributed by atoms with Crippen molar-refractivity contribution in [1.29, 1.82) is 0 Å². The normalized spacial score (nSPS) is 19.7. The number of rotatable bonds is 4. The summed E-state index contributed by atoms with van der Waals surface area (Å²) in [6.07, 6.45) is -0.0197. The Balaban J connectivity index is 1.68. The SMILES string of the molecule is NC1=NC[C@@H](COCc2ccccc2)O1. The number of amidine groups is 1. The second-order valence-electron chi connectivity index (χ2n) is 3.42. The van der Waals surface area contributed by atoms with E-state index in [4.69, 9.17) is 15.2 Å². The second kappa shape index (κ2) is 4.79. The number of nitrogens with zero attached hydrogens (tertiary/aromatic N) is 1. The molecule has 2 rings (SSSR count). The Hall–Kier alpha value is -1.55. The van der Waals surface area contributed by atoms with E-state index in [1.165, 1.54) is 0 Å². The number of ether oxygens (including phenoxy) is 2. The molecule has 0 fully saturated rings. The first-order chi connectivity index (χ1) is 7.34. The van der Waals surface area contributed by atoms with Gasteiger partial charge in [-0.1, -0.05) is 30.3 Å². The van der Waals surface area contributed by atoms with Gasteiger partial charge in [-0.15, -0.1) is 0 Å². The first kappa shape index (κ1) is 9.98. The van der Waals surface area contributed by atoms with Crippen LogP contribution in [0.3, 0.4) is 0 Å². The molecule has 1 aromatic carbocycles. The number of benzene rings is 1. The lowest BCUT2D eigenvalue weighted by molar-refractivity contribution is 0.0479. The Kier molecular flexibility index (Phi) is 3.19. The molecule has 0 aromatic heterocycles. The minimum Gasteiger partial charge on any atom is -0.458 e. The van der Waals surface area contributed by atoms with Crippen LogP contribution in [0.15, 0.2) is 35.3 Å². The summed E-state index contributed by atoms with van der Waals surface area (Å²) in [5.41, 5.74) is 6.54. The first-order valence-electron chi connectivity index (χ1n) is 4.93. The minimum atomic E-state index is -0.0197. The zero-order valence-electron chi connectivity index (χ0n) is 8.43. The lowest BCUT2D eigenvalue weighted by Crippen LogP contribution is -2.22. The first-order valence-corrected chi connectivity index (χ1v) is 4.93. The van der Waals surface area contributed by atoms with E-state index in [1.807, 2.05) is 30.3 Å². The molecule has 1 heterocycles. The van der Waals surface area contributed by atoms with Gasteiger partial charge in [0.2, 0.25) is 0 Å². The lowest BCUT2D eigenvalue weighted by Gasteiger charge is -2.10. The largest absolute Gasteiger partial charge is 0.458 e. The lowest BCUT2D eigenvalue weighted by atomic mass is 10.2. The van der Waals surface area contributed by atoms with Gasteiger partial charge < -0.3 is 15.2 Å². The highest BCUT2D eigenvalue weighted by Gasteiger charge is 2.17. The van der Waals surface area contributed by atoms with E-state index in [2.05, 4.69) is 4.99 Å². The van der Waals surface area contributed by atoms with Crippen LogP contribution in [0.1, 0.15) is 5.56 Å². The molecule has 15 heavy (non-hydrogen) atoms. The van der Waals surface area contributed by atoms with E-state index in [-0.39, 0.29) is 12.1 Å². The third kappa shape index (κ3) is 2.95. The summed E-state index contributed by atoms with van der Waals surface area (Å²) in [4.78, 5) is 3.94. The summed E-state index contributed by atoms with van der Waals surface area (Å²) in [6.45, 7) is 1.72. The monoisotopic (exact) mass is 206 g/mol. The third-order valence-corrected chi connectivity index (χ3v) is 2.15. The van der Waals surface area contributed by atoms with Crippen LogP contribution >= 0.6 is 0 Å². The van der Waals surface area contributed by atoms with Crippen LogP contribution in [-0.4, -0.2) is 25.3 Å². The van der Waals surface area contributed by atoms with Crippen LogP contribution in [0, 0.1) is 0 Å². The Bertz CT molecular complexity index is 338. The van der Waals surface area contributed by atoms with Crippen molar-refractivity contribution in [1.82, 2.24) is 0 Å². The van der Waals surface area contributed by atoms with Crippen LogP contribution in [0.25, 0.3) is 0 Å². The molecule has 1 aromatic rings. The van der Waals surface area contributed by atoms with Crippen molar-refractivity contribution in [2.75, 3.05) is 13.2 Å². The fourth-order valence-electron chi connectivity index (χ4n) is 1.41. The van der Waals surface area contributed by atoms with Crippen LogP contribution in [0.2, 0.25) is 0 Å². The topological polar surface area (TPSA) is 56.8 Å². The van der Waals surface area contributed by atoms with Gasteiger partial charge in [-0.25, -0.2) is 4.99 Å². The average Bonchev–Trinajstić information content (AvgIpc) is 2.66. The predicted octanol–water partition coefficient (Wildman–Crippen LogP) is 0.917. The molecule has 0 aliphatic carbocycles. The van der Waals surface area contributed by atoms with Gasteiger partial charge in [-0.2, -0.15) is 0 Å². The summed E-state index contributed by atoms with van der Waals surface area (Å²) in [5, 5.41) is 0. The molecule has 0 saturated heterocycles. The van der Waals surface area contributed by atoms with E-state index in [0.29, 0.717) is 19.8 Å². The smallest absolute Gasteiger partial charge is 0.282 e. The molecular formula is C11H14N2O2. The maximum atomic E-state index is 5.50. The van der Waals surface area contributed by atoms with Gasteiger partial charge in [-0.3, -0.25) is 0 Å². The van der Waals surface area contributed by atoms with Crippen LogP contribution in [0.5, 0.6) is 0 Å². The summed E-state index contributed by atoms with van der Waals surface area (Å²) in [7, 11) is 0. The second-order valence-corrected chi connectivity index (χ2v) is 3.42. The van der Waals surface area contributed by atoms with Gasteiger partial charge >= 0.3 is 0 Å². The number of nitrogens with two attached hydrogens (primary N) is 1. The summed E-state index contributed by atoms with van der Waals surface area (Å²) in [5.74, 6) is 0. The fraction of sp³-hybridized carbons (Fsp3) is 0.364. The highest BCUT2D eigenvalue weighted by atomic mass is 16.5. The molecule has 1 aliphatic heterocycles. The standard InChI is InChI=1S/C11H14N2O2/c12-11-13-6-10(15-11)8-14-7-9-4-2-1-3-5-9/h1-5,10H,6-8H2,(H2,12,13)/t10-/m0/s1. The van der Waals surface area contributed by atoms with Crippen molar-refractivity contribution in [3.63, 3.8) is 0 Å². The molecular weight excluding hydrogens is 192 g/mol. The van der Waals surface area contributed by atoms with Gasteiger partial charge in [0, 0.05) is 0 Å². The van der Waals surface area contributed by atoms with Crippen LogP contribution < -0.4 is 5.73 Å². The highest BCUT2D eigenvalue weighted by molar-refractivity contribution is 5.72. The Morgan fingerprint density at radius 2 is 2.20 bits per heavy atom. The molecule has 0 saturated carbocycles. The summed E-state index contributed by atoms with van der Waals surface area (Å²) >= 11 is 0. The molecule has 0 bridgehead atoms. The van der Waals surface area contributed by atoms with Crippen LogP contribution in [-0.2, 0) is 16.1 Å². The molecule has 0 amide bonds. The average molecular weight is 206 g/mol. The highest BCUT2D eigenvalue weighted by Crippen LogP contribution is 2.05. The molecule has 80 valence electrons. The molecule has 0 spiro atoms. The third-order valence-electron chi connectivity index (χ3n) is 2.15. The predicted molar refractivity (Wildman–Crippen MR) is 57.5 cm³/mol. The van der Waals surface area contributed by atoms with Gasteiger partial charge in [0.15, 0.2) is 0 Å². The molecule has 2 N–H and O–H groups in total. The van der Waals surface area contributed by atoms with Crippen molar-refractivity contribution in [3.8, 4) is 0 Å². The van der Waals surface area contributed by atoms with Crippen molar-refractivity contribution < 1.29 is 9.47 Å². The van der Waals surface area contributed by atoms with Gasteiger partial charge in [0.05, 0.1) is 19.8 Å². The van der Waals surface area contributed by atoms with E-state index >= 15 is 0 Å². The Morgan fingerprint density at radius 1 is 1.40 bits per heavy atom. The maximum Gasteiger partial charge on any atom is 0.282 e. The Morgan fingerprint density at radius 3 is 2.87 bits per heavy atom. The van der Waals surface area contributed by atoms with Crippen molar-refractivity contribution in [2.24, 2.45) is 10.7 Å². The van der Waals surface area contributed by atoms with E-state index in [9.17, 15) is 0 Å². The Labute approximate surface area is 88.7 Å². The van der Waals surface area contributed by atoms with Crippen LogP contribution in [0.4, 0.5) is 0 Å². The van der Waals surface area contributed by atoms with E-state index in [1.54, 1.807) is 0 Å². The fourth-order valence-corrected chi connectivity index (χ4v) is 1.41. The van der Waals surface area contributed by atoms with Crippen molar-refractivity contribution >= 4 is 6.02 Å². The maximum absolute atomic E-state index is 5.50. The van der Waals surface area contributed by atoms with Crippen molar-refractivity contribution in [2.45, 2.75) is 12.7 Å². The number of hydrogen-bond acceptors (Lipinski definition) is 4. The molecule has 0 unspecified atom stereocenters. The van der Waals surface area contributed by atoms with E-state index in [0.717, 1.165) is 5.56 Å². The zero-order chi connectivity index (χ0) is 10.5. The van der Waals surface area contributed by atoms with Crippen molar-refractivity contribution in [3.05, 3.63) is 35.9 Å². The zero-order valence-corrected chi connectivity index (χ0v) is 8.43. The molecule has 4 heteroatoms. The number of aliphatic imine (C=N–C) groups is 1. The molecule has 1 atom stereocenters. The summed E-state index contributed by atoms with van der Waals surface area (Å²) in [6, 6.07) is 10.3. The minimum absolute atomic E-state index is 0.0197. The molecule has 4 nitrogen and oxygen atoms in total. The van der Waals surface area contributed by atoms with Gasteiger partial charge in [0.25, 0.3) is 6.02 Å². The molecule has 0 radical (unpaired) electrons.